The Morgan fingerprint density at radius 1 is 1.46 bits per heavy atom. The summed E-state index contributed by atoms with van der Waals surface area (Å²) in [4.78, 5) is 4.62. The highest BCUT2D eigenvalue weighted by atomic mass is 35.5. The van der Waals surface area contributed by atoms with Gasteiger partial charge in [0, 0.05) is 5.56 Å². The van der Waals surface area contributed by atoms with Crippen LogP contribution < -0.4 is 5.48 Å². The van der Waals surface area contributed by atoms with E-state index in [0.717, 1.165) is 5.56 Å². The minimum absolute atomic E-state index is 0.488. The molecule has 0 aliphatic rings. The smallest absolute Gasteiger partial charge is 0.0824 e. The highest BCUT2D eigenvalue weighted by Crippen LogP contribution is 2.12. The maximum Gasteiger partial charge on any atom is 0.0824 e. The maximum absolute atomic E-state index is 5.88. The predicted molar refractivity (Wildman–Crippen MR) is 53.3 cm³/mol. The summed E-state index contributed by atoms with van der Waals surface area (Å²) in [7, 11) is 1.55. The van der Waals surface area contributed by atoms with Crippen LogP contribution in [0.25, 0.3) is 0 Å². The molecule has 0 aromatic heterocycles. The van der Waals surface area contributed by atoms with E-state index in [-0.39, 0.29) is 0 Å². The first kappa shape index (κ1) is 10.1. The Balaban J connectivity index is 2.61. The largest absolute Gasteiger partial charge is 0.304 e. The van der Waals surface area contributed by atoms with Crippen LogP contribution in [0.1, 0.15) is 5.56 Å². The van der Waals surface area contributed by atoms with Gasteiger partial charge in [0.1, 0.15) is 0 Å². The third-order valence-corrected chi connectivity index (χ3v) is 1.73. The Morgan fingerprint density at radius 2 is 2.23 bits per heavy atom. The van der Waals surface area contributed by atoms with Gasteiger partial charge < -0.3 is 4.84 Å². The average Bonchev–Trinajstić information content (AvgIpc) is 2.15. The molecule has 1 aromatic rings. The van der Waals surface area contributed by atoms with Crippen LogP contribution >= 0.6 is 11.6 Å². The second-order valence-electron chi connectivity index (χ2n) is 2.31. The van der Waals surface area contributed by atoms with Gasteiger partial charge in [-0.2, -0.15) is 5.48 Å². The number of benzene rings is 1. The van der Waals surface area contributed by atoms with Crippen molar-refractivity contribution in [3.8, 4) is 11.8 Å². The van der Waals surface area contributed by atoms with E-state index in [0.29, 0.717) is 11.6 Å². The summed E-state index contributed by atoms with van der Waals surface area (Å²) < 4.78 is 0. The van der Waals surface area contributed by atoms with E-state index in [1.54, 1.807) is 7.11 Å². The van der Waals surface area contributed by atoms with Gasteiger partial charge in [-0.1, -0.05) is 35.6 Å². The van der Waals surface area contributed by atoms with Crippen molar-refractivity contribution in [1.29, 1.82) is 0 Å². The number of halogens is 1. The Kier molecular flexibility index (Phi) is 4.34. The van der Waals surface area contributed by atoms with Gasteiger partial charge in [0.05, 0.1) is 18.7 Å². The van der Waals surface area contributed by atoms with E-state index >= 15 is 0 Å². The minimum atomic E-state index is 0.488. The van der Waals surface area contributed by atoms with Crippen LogP contribution in [0.2, 0.25) is 5.02 Å². The van der Waals surface area contributed by atoms with Crippen LogP contribution in [0, 0.1) is 11.8 Å². The first-order valence-corrected chi connectivity index (χ1v) is 4.21. The molecule has 0 aliphatic carbocycles. The molecule has 1 rings (SSSR count). The zero-order valence-electron chi connectivity index (χ0n) is 7.30. The normalized spacial score (nSPS) is 9.08. The highest BCUT2D eigenvalue weighted by molar-refractivity contribution is 6.31. The Morgan fingerprint density at radius 3 is 2.92 bits per heavy atom. The second-order valence-corrected chi connectivity index (χ2v) is 2.71. The summed E-state index contributed by atoms with van der Waals surface area (Å²) in [5.74, 6) is 5.80. The number of hydroxylamine groups is 1. The lowest BCUT2D eigenvalue weighted by atomic mass is 10.2. The lowest BCUT2D eigenvalue weighted by Gasteiger charge is -1.93. The molecule has 0 saturated heterocycles. The van der Waals surface area contributed by atoms with Crippen molar-refractivity contribution in [3.63, 3.8) is 0 Å². The van der Waals surface area contributed by atoms with Crippen molar-refractivity contribution in [2.75, 3.05) is 13.7 Å². The van der Waals surface area contributed by atoms with Crippen molar-refractivity contribution >= 4 is 11.6 Å². The number of hydrogen-bond donors (Lipinski definition) is 1. The zero-order chi connectivity index (χ0) is 9.52. The molecular weight excluding hydrogens is 186 g/mol. The predicted octanol–water partition coefficient (Wildman–Crippen LogP) is 1.84. The molecule has 0 unspecified atom stereocenters. The minimum Gasteiger partial charge on any atom is -0.304 e. The van der Waals surface area contributed by atoms with Crippen molar-refractivity contribution < 1.29 is 4.84 Å². The van der Waals surface area contributed by atoms with E-state index in [1.165, 1.54) is 0 Å². The molecule has 0 spiro atoms. The van der Waals surface area contributed by atoms with E-state index in [2.05, 4.69) is 22.2 Å². The fraction of sp³-hybridized carbons (Fsp3) is 0.200. The average molecular weight is 196 g/mol. The van der Waals surface area contributed by atoms with Crippen LogP contribution in [0.3, 0.4) is 0 Å². The SMILES string of the molecule is CONCC#Cc1ccccc1Cl. The second kappa shape index (κ2) is 5.60. The third-order valence-electron chi connectivity index (χ3n) is 1.40. The molecule has 68 valence electrons. The van der Waals surface area contributed by atoms with E-state index < -0.39 is 0 Å². The summed E-state index contributed by atoms with van der Waals surface area (Å²) in [5.41, 5.74) is 3.46. The molecule has 1 aromatic carbocycles. The fourth-order valence-corrected chi connectivity index (χ4v) is 0.993. The van der Waals surface area contributed by atoms with Gasteiger partial charge in [0.2, 0.25) is 0 Å². The molecule has 3 heteroatoms. The Bertz CT molecular complexity index is 327. The zero-order valence-corrected chi connectivity index (χ0v) is 8.06. The molecule has 0 bridgehead atoms. The van der Waals surface area contributed by atoms with Crippen LogP contribution in [-0.4, -0.2) is 13.7 Å². The van der Waals surface area contributed by atoms with E-state index in [9.17, 15) is 0 Å². The molecule has 0 heterocycles. The van der Waals surface area contributed by atoms with Crippen LogP contribution in [-0.2, 0) is 4.84 Å². The first-order valence-electron chi connectivity index (χ1n) is 3.84. The Hall–Kier alpha value is -1.01. The summed E-state index contributed by atoms with van der Waals surface area (Å²) in [6.45, 7) is 0.488. The van der Waals surface area contributed by atoms with Crippen LogP contribution in [0.5, 0.6) is 0 Å². The van der Waals surface area contributed by atoms with Crippen molar-refractivity contribution in [2.24, 2.45) is 0 Å². The maximum atomic E-state index is 5.88. The molecule has 0 saturated carbocycles. The molecule has 13 heavy (non-hydrogen) atoms. The third kappa shape index (κ3) is 3.47. The van der Waals surface area contributed by atoms with Gasteiger partial charge in [-0.15, -0.1) is 0 Å². The van der Waals surface area contributed by atoms with Crippen molar-refractivity contribution in [2.45, 2.75) is 0 Å². The lowest BCUT2D eigenvalue weighted by Crippen LogP contribution is -2.10. The van der Waals surface area contributed by atoms with Crippen molar-refractivity contribution in [1.82, 2.24) is 5.48 Å². The molecule has 0 aliphatic heterocycles. The van der Waals surface area contributed by atoms with E-state index in [1.807, 2.05) is 24.3 Å². The quantitative estimate of drug-likeness (QED) is 0.442. The lowest BCUT2D eigenvalue weighted by molar-refractivity contribution is 0.103. The molecular formula is C10H10ClNO. The Labute approximate surface area is 82.8 Å². The van der Waals surface area contributed by atoms with Gasteiger partial charge in [0.15, 0.2) is 0 Å². The summed E-state index contributed by atoms with van der Waals surface area (Å²) in [5, 5.41) is 0.674. The molecule has 0 fully saturated rings. The molecule has 1 N–H and O–H groups in total. The fourth-order valence-electron chi connectivity index (χ4n) is 0.810. The topological polar surface area (TPSA) is 21.3 Å². The van der Waals surface area contributed by atoms with E-state index in [4.69, 9.17) is 11.6 Å². The molecule has 0 atom stereocenters. The number of hydrogen-bond acceptors (Lipinski definition) is 2. The first-order chi connectivity index (χ1) is 6.34. The standard InChI is InChI=1S/C10H10ClNO/c1-13-12-8-4-6-9-5-2-3-7-10(9)11/h2-3,5,7,12H,8H2,1H3. The van der Waals surface area contributed by atoms with Crippen molar-refractivity contribution in [3.05, 3.63) is 34.9 Å². The molecule has 0 radical (unpaired) electrons. The van der Waals surface area contributed by atoms with Gasteiger partial charge >= 0.3 is 0 Å². The van der Waals surface area contributed by atoms with Crippen LogP contribution in [0.15, 0.2) is 24.3 Å². The summed E-state index contributed by atoms with van der Waals surface area (Å²) in [6, 6.07) is 7.47. The summed E-state index contributed by atoms with van der Waals surface area (Å²) >= 11 is 5.88. The van der Waals surface area contributed by atoms with Gasteiger partial charge in [0.25, 0.3) is 0 Å². The van der Waals surface area contributed by atoms with Gasteiger partial charge in [-0.05, 0) is 12.1 Å². The highest BCUT2D eigenvalue weighted by Gasteiger charge is 1.91. The number of nitrogens with one attached hydrogen (secondary N) is 1. The molecule has 2 nitrogen and oxygen atoms in total. The van der Waals surface area contributed by atoms with Crippen LogP contribution in [0.4, 0.5) is 0 Å². The molecule has 0 amide bonds. The van der Waals surface area contributed by atoms with Gasteiger partial charge in [-0.25, -0.2) is 0 Å². The summed E-state index contributed by atoms with van der Waals surface area (Å²) in [6.07, 6.45) is 0. The number of rotatable bonds is 2. The van der Waals surface area contributed by atoms with Gasteiger partial charge in [-0.3, -0.25) is 0 Å². The monoisotopic (exact) mass is 195 g/mol.